The van der Waals surface area contributed by atoms with Gasteiger partial charge in [-0.2, -0.15) is 0 Å². The summed E-state index contributed by atoms with van der Waals surface area (Å²) in [6.07, 6.45) is 3.75. The third-order valence-corrected chi connectivity index (χ3v) is 2.76. The fraction of sp³-hybridized carbons (Fsp3) is 0.308. The Morgan fingerprint density at radius 2 is 2.25 bits per heavy atom. The molecule has 1 heterocycles. The highest BCUT2D eigenvalue weighted by atomic mass is 15.0. The molecule has 1 aromatic heterocycles. The van der Waals surface area contributed by atoms with Crippen molar-refractivity contribution in [2.75, 3.05) is 0 Å². The summed E-state index contributed by atoms with van der Waals surface area (Å²) in [7, 11) is 0. The lowest BCUT2D eigenvalue weighted by Crippen LogP contribution is -2.05. The second-order valence-corrected chi connectivity index (χ2v) is 3.98. The van der Waals surface area contributed by atoms with Crippen LogP contribution in [0.3, 0.4) is 0 Å². The molecule has 0 aliphatic carbocycles. The van der Waals surface area contributed by atoms with Crippen LogP contribution in [0.2, 0.25) is 0 Å². The summed E-state index contributed by atoms with van der Waals surface area (Å²) in [5, 5.41) is 0. The maximum Gasteiger partial charge on any atom is 0.0950 e. The number of hydrogen-bond donors (Lipinski definition) is 1. The first kappa shape index (κ1) is 10.9. The normalized spacial score (nSPS) is 12.7. The van der Waals surface area contributed by atoms with Gasteiger partial charge >= 0.3 is 0 Å². The molecule has 2 N–H and O–H groups in total. The van der Waals surface area contributed by atoms with Gasteiger partial charge in [-0.25, -0.2) is 4.98 Å². The highest BCUT2D eigenvalue weighted by molar-refractivity contribution is 5.60. The number of rotatable bonds is 3. The first-order chi connectivity index (χ1) is 7.72. The second kappa shape index (κ2) is 4.49. The monoisotopic (exact) mass is 215 g/mol. The Labute approximate surface area is 95.9 Å². The summed E-state index contributed by atoms with van der Waals surface area (Å²) in [5.41, 5.74) is 9.36. The average Bonchev–Trinajstić information content (AvgIpc) is 2.77. The molecule has 0 amide bonds. The van der Waals surface area contributed by atoms with E-state index in [0.29, 0.717) is 0 Å². The highest BCUT2D eigenvalue weighted by Gasteiger charge is 2.06. The first-order valence-electron chi connectivity index (χ1n) is 5.58. The molecule has 0 aliphatic heterocycles. The number of aryl methyl sites for hydroxylation is 1. The van der Waals surface area contributed by atoms with Crippen LogP contribution >= 0.6 is 0 Å². The molecule has 84 valence electrons. The third kappa shape index (κ3) is 1.99. The van der Waals surface area contributed by atoms with Gasteiger partial charge in [0.05, 0.1) is 18.2 Å². The van der Waals surface area contributed by atoms with Crippen LogP contribution in [0.4, 0.5) is 0 Å². The Morgan fingerprint density at radius 3 is 2.94 bits per heavy atom. The summed E-state index contributed by atoms with van der Waals surface area (Å²) in [6, 6.07) is 8.39. The fourth-order valence-corrected chi connectivity index (χ4v) is 1.79. The molecule has 0 saturated heterocycles. The van der Waals surface area contributed by atoms with E-state index in [1.807, 2.05) is 25.5 Å². The predicted octanol–water partition coefficient (Wildman–Crippen LogP) is 2.59. The molecule has 16 heavy (non-hydrogen) atoms. The van der Waals surface area contributed by atoms with Crippen molar-refractivity contribution in [2.45, 2.75) is 26.4 Å². The van der Waals surface area contributed by atoms with Crippen molar-refractivity contribution in [3.05, 3.63) is 42.4 Å². The zero-order chi connectivity index (χ0) is 11.5. The molecule has 0 radical (unpaired) electrons. The molecule has 3 heteroatoms. The van der Waals surface area contributed by atoms with Crippen molar-refractivity contribution in [3.8, 4) is 11.3 Å². The van der Waals surface area contributed by atoms with Gasteiger partial charge in [0, 0.05) is 18.2 Å². The smallest absolute Gasteiger partial charge is 0.0950 e. The number of hydrogen-bond acceptors (Lipinski definition) is 2. The molecule has 2 aromatic rings. The Bertz CT molecular complexity index is 472. The van der Waals surface area contributed by atoms with Crippen molar-refractivity contribution >= 4 is 0 Å². The van der Waals surface area contributed by atoms with Crippen LogP contribution in [0.1, 0.15) is 25.5 Å². The van der Waals surface area contributed by atoms with Crippen molar-refractivity contribution in [1.82, 2.24) is 9.55 Å². The molecule has 1 aromatic carbocycles. The molecule has 3 nitrogen and oxygen atoms in total. The Hall–Kier alpha value is -1.61. The summed E-state index contributed by atoms with van der Waals surface area (Å²) in [6.45, 7) is 5.04. The fourth-order valence-electron chi connectivity index (χ4n) is 1.79. The van der Waals surface area contributed by atoms with Crippen molar-refractivity contribution in [2.24, 2.45) is 5.73 Å². The van der Waals surface area contributed by atoms with Gasteiger partial charge in [0.1, 0.15) is 0 Å². The van der Waals surface area contributed by atoms with Crippen LogP contribution in [0.5, 0.6) is 0 Å². The van der Waals surface area contributed by atoms with Gasteiger partial charge in [-0.05, 0) is 25.5 Å². The number of nitrogens with two attached hydrogens (primary N) is 1. The minimum atomic E-state index is 0.0675. The summed E-state index contributed by atoms with van der Waals surface area (Å²) in [5.74, 6) is 0. The first-order valence-corrected chi connectivity index (χ1v) is 5.58. The van der Waals surface area contributed by atoms with Crippen LogP contribution in [0.25, 0.3) is 11.3 Å². The molecule has 1 unspecified atom stereocenters. The SMILES string of the molecule is CCn1cncc1-c1cccc(C(C)N)c1. The van der Waals surface area contributed by atoms with Crippen LogP contribution in [0, 0.1) is 0 Å². The van der Waals surface area contributed by atoms with Gasteiger partial charge in [-0.3, -0.25) is 0 Å². The molecule has 2 rings (SSSR count). The van der Waals surface area contributed by atoms with Gasteiger partial charge in [0.15, 0.2) is 0 Å². The molecule has 0 saturated carbocycles. The molecular formula is C13H17N3. The van der Waals surface area contributed by atoms with E-state index in [1.54, 1.807) is 0 Å². The van der Waals surface area contributed by atoms with Crippen molar-refractivity contribution < 1.29 is 0 Å². The molecule has 0 fully saturated rings. The number of imidazole rings is 1. The van der Waals surface area contributed by atoms with Crippen LogP contribution in [-0.4, -0.2) is 9.55 Å². The summed E-state index contributed by atoms with van der Waals surface area (Å²) >= 11 is 0. The second-order valence-electron chi connectivity index (χ2n) is 3.98. The molecule has 0 bridgehead atoms. The Kier molecular flexibility index (Phi) is 3.06. The average molecular weight is 215 g/mol. The minimum Gasteiger partial charge on any atom is -0.331 e. The van der Waals surface area contributed by atoms with E-state index in [1.165, 1.54) is 5.56 Å². The van der Waals surface area contributed by atoms with E-state index in [2.05, 4.69) is 34.7 Å². The van der Waals surface area contributed by atoms with E-state index in [4.69, 9.17) is 5.73 Å². The Balaban J connectivity index is 2.44. The lowest BCUT2D eigenvalue weighted by Gasteiger charge is -2.09. The maximum absolute atomic E-state index is 5.88. The topological polar surface area (TPSA) is 43.8 Å². The largest absolute Gasteiger partial charge is 0.331 e. The Morgan fingerprint density at radius 1 is 1.44 bits per heavy atom. The van der Waals surface area contributed by atoms with Gasteiger partial charge in [0.2, 0.25) is 0 Å². The number of benzene rings is 1. The van der Waals surface area contributed by atoms with E-state index < -0.39 is 0 Å². The number of aromatic nitrogens is 2. The lowest BCUT2D eigenvalue weighted by atomic mass is 10.0. The van der Waals surface area contributed by atoms with Gasteiger partial charge in [0.25, 0.3) is 0 Å². The molecule has 0 aliphatic rings. The van der Waals surface area contributed by atoms with Gasteiger partial charge in [-0.1, -0.05) is 18.2 Å². The van der Waals surface area contributed by atoms with Crippen LogP contribution < -0.4 is 5.73 Å². The minimum absolute atomic E-state index is 0.0675. The van der Waals surface area contributed by atoms with Crippen molar-refractivity contribution in [1.29, 1.82) is 0 Å². The molecule has 0 spiro atoms. The van der Waals surface area contributed by atoms with E-state index in [-0.39, 0.29) is 6.04 Å². The number of nitrogens with zero attached hydrogens (tertiary/aromatic N) is 2. The zero-order valence-electron chi connectivity index (χ0n) is 9.72. The maximum atomic E-state index is 5.88. The third-order valence-electron chi connectivity index (χ3n) is 2.76. The zero-order valence-corrected chi connectivity index (χ0v) is 9.72. The van der Waals surface area contributed by atoms with E-state index in [9.17, 15) is 0 Å². The van der Waals surface area contributed by atoms with Gasteiger partial charge < -0.3 is 10.3 Å². The molecule has 1 atom stereocenters. The van der Waals surface area contributed by atoms with Crippen LogP contribution in [0.15, 0.2) is 36.8 Å². The predicted molar refractivity (Wildman–Crippen MR) is 65.9 cm³/mol. The molecular weight excluding hydrogens is 198 g/mol. The highest BCUT2D eigenvalue weighted by Crippen LogP contribution is 2.22. The standard InChI is InChI=1S/C13H17N3/c1-3-16-9-15-8-13(16)12-6-4-5-11(7-12)10(2)14/h4-10H,3,14H2,1-2H3. The summed E-state index contributed by atoms with van der Waals surface area (Å²) < 4.78 is 2.13. The van der Waals surface area contributed by atoms with E-state index in [0.717, 1.165) is 17.8 Å². The summed E-state index contributed by atoms with van der Waals surface area (Å²) in [4.78, 5) is 4.18. The van der Waals surface area contributed by atoms with Gasteiger partial charge in [-0.15, -0.1) is 0 Å². The van der Waals surface area contributed by atoms with E-state index >= 15 is 0 Å². The lowest BCUT2D eigenvalue weighted by molar-refractivity contribution is 0.768. The van der Waals surface area contributed by atoms with Crippen LogP contribution in [-0.2, 0) is 6.54 Å². The van der Waals surface area contributed by atoms with Crippen molar-refractivity contribution in [3.63, 3.8) is 0 Å². The quantitative estimate of drug-likeness (QED) is 0.855.